The van der Waals surface area contributed by atoms with E-state index in [-0.39, 0.29) is 18.0 Å². The highest BCUT2D eigenvalue weighted by Crippen LogP contribution is 2.19. The maximum atomic E-state index is 11.7. The molecular formula is C11H14N2O2. The van der Waals surface area contributed by atoms with Crippen molar-refractivity contribution in [1.29, 1.82) is 0 Å². The molecule has 80 valence electrons. The lowest BCUT2D eigenvalue weighted by Gasteiger charge is -2.05. The molecule has 0 aliphatic heterocycles. The number of amides is 1. The van der Waals surface area contributed by atoms with Crippen molar-refractivity contribution < 1.29 is 9.53 Å². The molecule has 1 amide bonds. The molecule has 3 N–H and O–H groups in total. The summed E-state index contributed by atoms with van der Waals surface area (Å²) < 4.78 is 5.04. The number of nitrogens with one attached hydrogen (secondary N) is 1. The van der Waals surface area contributed by atoms with Gasteiger partial charge in [0.1, 0.15) is 5.75 Å². The lowest BCUT2D eigenvalue weighted by Crippen LogP contribution is -2.29. The smallest absolute Gasteiger partial charge is 0.251 e. The summed E-state index contributed by atoms with van der Waals surface area (Å²) in [6.07, 6.45) is 0.871. The number of hydrogen-bond donors (Lipinski definition) is 2. The van der Waals surface area contributed by atoms with Gasteiger partial charge in [-0.15, -0.1) is 0 Å². The Morgan fingerprint density at radius 2 is 2.33 bits per heavy atom. The van der Waals surface area contributed by atoms with Crippen LogP contribution in [0.4, 0.5) is 0 Å². The van der Waals surface area contributed by atoms with Gasteiger partial charge in [0, 0.05) is 17.6 Å². The van der Waals surface area contributed by atoms with Gasteiger partial charge in [0.15, 0.2) is 0 Å². The minimum Gasteiger partial charge on any atom is -0.497 e. The van der Waals surface area contributed by atoms with Gasteiger partial charge >= 0.3 is 0 Å². The van der Waals surface area contributed by atoms with E-state index in [0.29, 0.717) is 11.3 Å². The van der Waals surface area contributed by atoms with Crippen LogP contribution in [0.3, 0.4) is 0 Å². The molecule has 2 atom stereocenters. The van der Waals surface area contributed by atoms with Crippen LogP contribution in [0, 0.1) is 0 Å². The first-order valence-electron chi connectivity index (χ1n) is 4.91. The van der Waals surface area contributed by atoms with Crippen molar-refractivity contribution in [3.63, 3.8) is 0 Å². The van der Waals surface area contributed by atoms with Gasteiger partial charge in [-0.2, -0.15) is 0 Å². The fourth-order valence-electron chi connectivity index (χ4n) is 1.40. The van der Waals surface area contributed by atoms with E-state index in [1.807, 2.05) is 0 Å². The van der Waals surface area contributed by atoms with Gasteiger partial charge in [0.2, 0.25) is 0 Å². The number of rotatable bonds is 3. The monoisotopic (exact) mass is 206 g/mol. The predicted octanol–water partition coefficient (Wildman–Crippen LogP) is 0.525. The number of hydrogen-bond acceptors (Lipinski definition) is 3. The van der Waals surface area contributed by atoms with E-state index in [9.17, 15) is 4.79 Å². The van der Waals surface area contributed by atoms with E-state index in [0.717, 1.165) is 6.42 Å². The average Bonchev–Trinajstić information content (AvgIpc) is 2.94. The zero-order chi connectivity index (χ0) is 10.8. The highest BCUT2D eigenvalue weighted by atomic mass is 16.5. The van der Waals surface area contributed by atoms with Crippen LogP contribution in [0.25, 0.3) is 0 Å². The Kier molecular flexibility index (Phi) is 2.60. The van der Waals surface area contributed by atoms with E-state index in [1.54, 1.807) is 31.4 Å². The standard InChI is InChI=1S/C11H14N2O2/c1-15-8-4-2-3-7(5-8)11(14)13-10-6-9(10)12/h2-5,9-10H,6,12H2,1H3,(H,13,14). The first-order valence-corrected chi connectivity index (χ1v) is 4.91. The fraction of sp³-hybridized carbons (Fsp3) is 0.364. The zero-order valence-electron chi connectivity index (χ0n) is 8.57. The van der Waals surface area contributed by atoms with Crippen LogP contribution in [-0.4, -0.2) is 25.1 Å². The van der Waals surface area contributed by atoms with Crippen molar-refractivity contribution >= 4 is 5.91 Å². The number of carbonyl (C=O) groups excluding carboxylic acids is 1. The molecule has 0 aromatic heterocycles. The van der Waals surface area contributed by atoms with Crippen LogP contribution in [0.1, 0.15) is 16.8 Å². The minimum atomic E-state index is -0.0909. The number of methoxy groups -OCH3 is 1. The molecule has 2 rings (SSSR count). The molecule has 1 aliphatic carbocycles. The average molecular weight is 206 g/mol. The number of ether oxygens (including phenoxy) is 1. The summed E-state index contributed by atoms with van der Waals surface area (Å²) in [6.45, 7) is 0. The van der Waals surface area contributed by atoms with E-state index in [2.05, 4.69) is 5.32 Å². The molecule has 4 heteroatoms. The van der Waals surface area contributed by atoms with Gasteiger partial charge in [-0.1, -0.05) is 6.07 Å². The van der Waals surface area contributed by atoms with Gasteiger partial charge in [-0.25, -0.2) is 0 Å². The maximum absolute atomic E-state index is 11.7. The van der Waals surface area contributed by atoms with Crippen LogP contribution >= 0.6 is 0 Å². The fourth-order valence-corrected chi connectivity index (χ4v) is 1.40. The third-order valence-corrected chi connectivity index (χ3v) is 2.49. The van der Waals surface area contributed by atoms with Crippen molar-refractivity contribution in [2.24, 2.45) is 5.73 Å². The lowest BCUT2D eigenvalue weighted by molar-refractivity contribution is 0.0950. The normalized spacial score (nSPS) is 23.3. The number of benzene rings is 1. The molecule has 0 bridgehead atoms. The van der Waals surface area contributed by atoms with Crippen molar-refractivity contribution in [2.45, 2.75) is 18.5 Å². The maximum Gasteiger partial charge on any atom is 0.251 e. The van der Waals surface area contributed by atoms with Crippen LogP contribution < -0.4 is 15.8 Å². The molecule has 4 nitrogen and oxygen atoms in total. The SMILES string of the molecule is COc1cccc(C(=O)NC2CC2N)c1. The quantitative estimate of drug-likeness (QED) is 0.758. The largest absolute Gasteiger partial charge is 0.497 e. The first kappa shape index (κ1) is 9.98. The summed E-state index contributed by atoms with van der Waals surface area (Å²) in [5, 5.41) is 2.85. The van der Waals surface area contributed by atoms with Gasteiger partial charge in [-0.3, -0.25) is 4.79 Å². The zero-order valence-corrected chi connectivity index (χ0v) is 8.57. The van der Waals surface area contributed by atoms with Crippen LogP contribution in [0.2, 0.25) is 0 Å². The highest BCUT2D eigenvalue weighted by Gasteiger charge is 2.34. The second kappa shape index (κ2) is 3.90. The summed E-state index contributed by atoms with van der Waals surface area (Å²) in [6, 6.07) is 7.33. The molecule has 1 fully saturated rings. The summed E-state index contributed by atoms with van der Waals surface area (Å²) >= 11 is 0. The molecule has 1 aromatic rings. The summed E-state index contributed by atoms with van der Waals surface area (Å²) in [7, 11) is 1.58. The molecule has 0 spiro atoms. The second-order valence-corrected chi connectivity index (χ2v) is 3.71. The van der Waals surface area contributed by atoms with Crippen molar-refractivity contribution in [3.8, 4) is 5.75 Å². The Hall–Kier alpha value is -1.55. The lowest BCUT2D eigenvalue weighted by atomic mass is 10.2. The van der Waals surface area contributed by atoms with Crippen LogP contribution in [0.15, 0.2) is 24.3 Å². The molecule has 15 heavy (non-hydrogen) atoms. The van der Waals surface area contributed by atoms with Crippen molar-refractivity contribution in [2.75, 3.05) is 7.11 Å². The number of carbonyl (C=O) groups is 1. The Morgan fingerprint density at radius 1 is 1.60 bits per heavy atom. The molecular weight excluding hydrogens is 192 g/mol. The van der Waals surface area contributed by atoms with E-state index < -0.39 is 0 Å². The molecule has 1 aliphatic rings. The molecule has 2 unspecified atom stereocenters. The Balaban J connectivity index is 2.04. The van der Waals surface area contributed by atoms with Crippen LogP contribution in [0.5, 0.6) is 5.75 Å². The molecule has 1 saturated carbocycles. The van der Waals surface area contributed by atoms with Gasteiger partial charge in [0.25, 0.3) is 5.91 Å². The predicted molar refractivity (Wildman–Crippen MR) is 56.8 cm³/mol. The highest BCUT2D eigenvalue weighted by molar-refractivity contribution is 5.95. The Bertz CT molecular complexity index is 379. The molecule has 0 heterocycles. The topological polar surface area (TPSA) is 64.3 Å². The van der Waals surface area contributed by atoms with E-state index in [1.165, 1.54) is 0 Å². The summed E-state index contributed by atoms with van der Waals surface area (Å²) in [4.78, 5) is 11.7. The van der Waals surface area contributed by atoms with E-state index in [4.69, 9.17) is 10.5 Å². The van der Waals surface area contributed by atoms with Crippen molar-refractivity contribution in [3.05, 3.63) is 29.8 Å². The minimum absolute atomic E-state index is 0.0909. The third kappa shape index (κ3) is 2.27. The Morgan fingerprint density at radius 3 is 2.93 bits per heavy atom. The molecule has 0 radical (unpaired) electrons. The van der Waals surface area contributed by atoms with E-state index >= 15 is 0 Å². The summed E-state index contributed by atoms with van der Waals surface area (Å²) in [5.74, 6) is 0.592. The van der Waals surface area contributed by atoms with Gasteiger partial charge in [0.05, 0.1) is 7.11 Å². The molecule has 0 saturated heterocycles. The Labute approximate surface area is 88.4 Å². The first-order chi connectivity index (χ1) is 7.20. The summed E-state index contributed by atoms with van der Waals surface area (Å²) in [5.41, 5.74) is 6.21. The van der Waals surface area contributed by atoms with Gasteiger partial charge in [-0.05, 0) is 24.6 Å². The second-order valence-electron chi connectivity index (χ2n) is 3.71. The third-order valence-electron chi connectivity index (χ3n) is 2.49. The van der Waals surface area contributed by atoms with Crippen molar-refractivity contribution in [1.82, 2.24) is 5.32 Å². The number of nitrogens with two attached hydrogens (primary N) is 1. The van der Waals surface area contributed by atoms with Gasteiger partial charge < -0.3 is 15.8 Å². The molecule has 1 aromatic carbocycles. The van der Waals surface area contributed by atoms with Crippen LogP contribution in [-0.2, 0) is 0 Å².